The molecule has 0 aliphatic rings. The van der Waals surface area contributed by atoms with Gasteiger partial charge < -0.3 is 10.5 Å². The molecule has 0 aliphatic heterocycles. The number of esters is 1. The predicted octanol–water partition coefficient (Wildman–Crippen LogP) is 2.06. The smallest absolute Gasteiger partial charge is 0.307 e. The van der Waals surface area contributed by atoms with Gasteiger partial charge in [0.1, 0.15) is 0 Å². The van der Waals surface area contributed by atoms with E-state index in [-0.39, 0.29) is 18.6 Å². The van der Waals surface area contributed by atoms with E-state index >= 15 is 0 Å². The van der Waals surface area contributed by atoms with Gasteiger partial charge in [0.2, 0.25) is 0 Å². The highest BCUT2D eigenvalue weighted by atomic mass is 19.2. The zero-order chi connectivity index (χ0) is 13.0. The number of ether oxygens (including phenoxy) is 1. The molecule has 94 valence electrons. The van der Waals surface area contributed by atoms with E-state index in [1.165, 1.54) is 0 Å². The largest absolute Gasteiger partial charge is 0.466 e. The Morgan fingerprint density at radius 3 is 2.59 bits per heavy atom. The molecule has 0 bridgehead atoms. The van der Waals surface area contributed by atoms with Gasteiger partial charge in [-0.25, -0.2) is 13.2 Å². The molecule has 17 heavy (non-hydrogen) atoms. The monoisotopic (exact) mass is 247 g/mol. The number of carbonyl (C=O) groups excluding carboxylic acids is 1. The summed E-state index contributed by atoms with van der Waals surface area (Å²) in [5.41, 5.74) is 5.26. The molecular weight excluding hydrogens is 235 g/mol. The Morgan fingerprint density at radius 2 is 2.00 bits per heavy atom. The maximum Gasteiger partial charge on any atom is 0.307 e. The van der Waals surface area contributed by atoms with E-state index < -0.39 is 29.5 Å². The summed E-state index contributed by atoms with van der Waals surface area (Å²) in [7, 11) is 0. The summed E-state index contributed by atoms with van der Waals surface area (Å²) in [6, 6.07) is 0.709. The van der Waals surface area contributed by atoms with Gasteiger partial charge in [0, 0.05) is 11.6 Å². The number of carbonyl (C=O) groups is 1. The molecule has 6 heteroatoms. The molecule has 0 fully saturated rings. The average molecular weight is 247 g/mol. The molecule has 0 aromatic heterocycles. The first kappa shape index (κ1) is 13.5. The molecule has 2 N–H and O–H groups in total. The van der Waals surface area contributed by atoms with Crippen molar-refractivity contribution in [3.63, 3.8) is 0 Å². The Bertz CT molecular complexity index is 423. The van der Waals surface area contributed by atoms with Crippen molar-refractivity contribution < 1.29 is 22.7 Å². The number of halogens is 3. The predicted molar refractivity (Wildman–Crippen MR) is 54.5 cm³/mol. The van der Waals surface area contributed by atoms with Crippen molar-refractivity contribution in [1.29, 1.82) is 0 Å². The fraction of sp³-hybridized carbons (Fsp3) is 0.364. The van der Waals surface area contributed by atoms with Crippen molar-refractivity contribution in [1.82, 2.24) is 0 Å². The van der Waals surface area contributed by atoms with Crippen molar-refractivity contribution in [2.45, 2.75) is 19.4 Å². The highest BCUT2D eigenvalue weighted by Crippen LogP contribution is 2.22. The Kier molecular flexibility index (Phi) is 4.51. The summed E-state index contributed by atoms with van der Waals surface area (Å²) in [5, 5.41) is 0. The van der Waals surface area contributed by atoms with E-state index in [4.69, 9.17) is 5.73 Å². The molecule has 3 nitrogen and oxygen atoms in total. The van der Waals surface area contributed by atoms with Gasteiger partial charge in [0.05, 0.1) is 13.0 Å². The highest BCUT2D eigenvalue weighted by molar-refractivity contribution is 5.70. The first-order valence-electron chi connectivity index (χ1n) is 5.02. The molecule has 1 rings (SSSR count). The Morgan fingerprint density at radius 1 is 1.35 bits per heavy atom. The van der Waals surface area contributed by atoms with Crippen LogP contribution in [0.5, 0.6) is 0 Å². The van der Waals surface area contributed by atoms with Crippen molar-refractivity contribution >= 4 is 5.97 Å². The molecule has 0 heterocycles. The Hall–Kier alpha value is -1.56. The molecule has 1 aromatic carbocycles. The van der Waals surface area contributed by atoms with Gasteiger partial charge in [-0.1, -0.05) is 6.07 Å². The Labute approximate surface area is 96.4 Å². The fourth-order valence-electron chi connectivity index (χ4n) is 1.34. The van der Waals surface area contributed by atoms with E-state index in [1.807, 2.05) is 0 Å². The van der Waals surface area contributed by atoms with Gasteiger partial charge in [0.25, 0.3) is 0 Å². The van der Waals surface area contributed by atoms with Crippen LogP contribution in [0.4, 0.5) is 13.2 Å². The second kappa shape index (κ2) is 5.67. The minimum Gasteiger partial charge on any atom is -0.466 e. The van der Waals surface area contributed by atoms with Gasteiger partial charge in [-0.15, -0.1) is 0 Å². The Balaban J connectivity index is 2.86. The van der Waals surface area contributed by atoms with Gasteiger partial charge in [0.15, 0.2) is 17.5 Å². The molecule has 0 aliphatic carbocycles. The van der Waals surface area contributed by atoms with Crippen LogP contribution in [-0.4, -0.2) is 12.6 Å². The van der Waals surface area contributed by atoms with E-state index in [0.29, 0.717) is 0 Å². The van der Waals surface area contributed by atoms with Gasteiger partial charge >= 0.3 is 5.97 Å². The first-order valence-corrected chi connectivity index (χ1v) is 5.02. The van der Waals surface area contributed by atoms with Crippen LogP contribution in [0.3, 0.4) is 0 Å². The maximum atomic E-state index is 13.3. The summed E-state index contributed by atoms with van der Waals surface area (Å²) in [6.45, 7) is 1.79. The average Bonchev–Trinajstić information content (AvgIpc) is 2.26. The van der Waals surface area contributed by atoms with Crippen molar-refractivity contribution in [3.05, 3.63) is 35.1 Å². The van der Waals surface area contributed by atoms with Gasteiger partial charge in [-0.05, 0) is 13.0 Å². The lowest BCUT2D eigenvalue weighted by atomic mass is 10.0. The van der Waals surface area contributed by atoms with Crippen LogP contribution >= 0.6 is 0 Å². The van der Waals surface area contributed by atoms with Gasteiger partial charge in [-0.2, -0.15) is 0 Å². The van der Waals surface area contributed by atoms with E-state index in [9.17, 15) is 18.0 Å². The summed E-state index contributed by atoms with van der Waals surface area (Å²) in [5.74, 6) is -4.89. The van der Waals surface area contributed by atoms with Crippen LogP contribution in [0.25, 0.3) is 0 Å². The third-order valence-electron chi connectivity index (χ3n) is 2.16. The number of nitrogens with two attached hydrogens (primary N) is 1. The second-order valence-electron chi connectivity index (χ2n) is 3.38. The molecule has 0 radical (unpaired) electrons. The zero-order valence-corrected chi connectivity index (χ0v) is 9.17. The summed E-state index contributed by atoms with van der Waals surface area (Å²) in [4.78, 5) is 11.1. The molecular formula is C11H12F3NO2. The molecule has 0 saturated heterocycles. The molecule has 1 aromatic rings. The lowest BCUT2D eigenvalue weighted by Gasteiger charge is -2.12. The van der Waals surface area contributed by atoms with Crippen LogP contribution in [-0.2, 0) is 9.53 Å². The summed E-state index contributed by atoms with van der Waals surface area (Å²) < 4.78 is 43.5. The third-order valence-corrected chi connectivity index (χ3v) is 2.16. The fourth-order valence-corrected chi connectivity index (χ4v) is 1.34. The minimum atomic E-state index is -1.60. The summed E-state index contributed by atoms with van der Waals surface area (Å²) >= 11 is 0. The molecule has 0 spiro atoms. The van der Waals surface area contributed by atoms with Crippen LogP contribution in [0, 0.1) is 17.5 Å². The lowest BCUT2D eigenvalue weighted by molar-refractivity contribution is -0.143. The molecule has 0 unspecified atom stereocenters. The third kappa shape index (κ3) is 3.20. The number of benzene rings is 1. The van der Waals surface area contributed by atoms with Crippen LogP contribution in [0.15, 0.2) is 12.1 Å². The number of hydrogen-bond donors (Lipinski definition) is 1. The normalized spacial score (nSPS) is 12.3. The minimum absolute atomic E-state index is 0.172. The highest BCUT2D eigenvalue weighted by Gasteiger charge is 2.20. The van der Waals surface area contributed by atoms with Crippen molar-refractivity contribution in [2.24, 2.45) is 5.73 Å². The number of hydrogen-bond acceptors (Lipinski definition) is 3. The second-order valence-corrected chi connectivity index (χ2v) is 3.38. The maximum absolute atomic E-state index is 13.3. The van der Waals surface area contributed by atoms with E-state index in [2.05, 4.69) is 4.74 Å². The van der Waals surface area contributed by atoms with E-state index in [1.54, 1.807) is 6.92 Å². The first-order chi connectivity index (χ1) is 7.97. The molecule has 0 saturated carbocycles. The topological polar surface area (TPSA) is 52.3 Å². The van der Waals surface area contributed by atoms with E-state index in [0.717, 1.165) is 12.1 Å². The van der Waals surface area contributed by atoms with Crippen molar-refractivity contribution in [3.8, 4) is 0 Å². The zero-order valence-electron chi connectivity index (χ0n) is 9.17. The quantitative estimate of drug-likeness (QED) is 0.654. The molecule has 0 amide bonds. The van der Waals surface area contributed by atoms with Crippen LogP contribution in [0.1, 0.15) is 24.9 Å². The van der Waals surface area contributed by atoms with Crippen molar-refractivity contribution in [2.75, 3.05) is 6.61 Å². The van der Waals surface area contributed by atoms with Crippen LogP contribution < -0.4 is 5.73 Å². The van der Waals surface area contributed by atoms with Crippen LogP contribution in [0.2, 0.25) is 0 Å². The van der Waals surface area contributed by atoms with Gasteiger partial charge in [-0.3, -0.25) is 4.79 Å². The SMILES string of the molecule is CCOC(=O)C[C@@H](N)c1ccc(F)c(F)c1F. The number of rotatable bonds is 4. The molecule has 1 atom stereocenters. The standard InChI is InChI=1S/C11H12F3NO2/c1-2-17-9(16)5-8(15)6-3-4-7(12)11(14)10(6)13/h3-4,8H,2,5,15H2,1H3/t8-/m1/s1. The summed E-state index contributed by atoms with van der Waals surface area (Å²) in [6.07, 6.45) is -0.296. The lowest BCUT2D eigenvalue weighted by Crippen LogP contribution is -2.19.